The van der Waals surface area contributed by atoms with Gasteiger partial charge in [0.05, 0.1) is 19.9 Å². The van der Waals surface area contributed by atoms with Gasteiger partial charge in [-0.3, -0.25) is 0 Å². The Morgan fingerprint density at radius 2 is 2.35 bits per heavy atom. The van der Waals surface area contributed by atoms with Crippen molar-refractivity contribution < 1.29 is 9.15 Å². The third-order valence-electron chi connectivity index (χ3n) is 3.88. The Morgan fingerprint density at radius 1 is 1.45 bits per heavy atom. The first-order chi connectivity index (χ1) is 9.80. The number of nitrogens with one attached hydrogen (secondary N) is 1. The summed E-state index contributed by atoms with van der Waals surface area (Å²) in [4.78, 5) is 4.28. The quantitative estimate of drug-likeness (QED) is 0.909. The summed E-state index contributed by atoms with van der Waals surface area (Å²) in [6, 6.07) is 6.68. The van der Waals surface area contributed by atoms with E-state index in [9.17, 15) is 0 Å². The number of oxazole rings is 1. The molecule has 3 rings (SSSR count). The van der Waals surface area contributed by atoms with Gasteiger partial charge in [0.1, 0.15) is 11.5 Å². The maximum absolute atomic E-state index is 5.63. The maximum Gasteiger partial charge on any atom is 0.208 e. The number of rotatable bonds is 5. The lowest BCUT2D eigenvalue weighted by Gasteiger charge is -2.13. The molecule has 106 valence electrons. The summed E-state index contributed by atoms with van der Waals surface area (Å²) in [6.07, 6.45) is 4.92. The minimum Gasteiger partial charge on any atom is -0.497 e. The van der Waals surface area contributed by atoms with Crippen LogP contribution in [0.3, 0.4) is 0 Å². The highest BCUT2D eigenvalue weighted by Gasteiger charge is 2.22. The molecule has 0 spiro atoms. The van der Waals surface area contributed by atoms with Crippen molar-refractivity contribution in [2.24, 2.45) is 0 Å². The Balaban J connectivity index is 1.68. The Labute approximate surface area is 119 Å². The molecule has 1 aromatic heterocycles. The number of fused-ring (bicyclic) bond motifs is 1. The summed E-state index contributed by atoms with van der Waals surface area (Å²) < 4.78 is 10.9. The lowest BCUT2D eigenvalue weighted by molar-refractivity contribution is 0.408. The molecule has 1 aliphatic rings. The van der Waals surface area contributed by atoms with Crippen LogP contribution in [0.2, 0.25) is 0 Å². The van der Waals surface area contributed by atoms with Crippen molar-refractivity contribution in [3.8, 4) is 5.75 Å². The molecule has 0 bridgehead atoms. The fourth-order valence-electron chi connectivity index (χ4n) is 2.72. The second-order valence-electron chi connectivity index (χ2n) is 5.11. The molecule has 1 unspecified atom stereocenters. The molecule has 0 saturated carbocycles. The fourth-order valence-corrected chi connectivity index (χ4v) is 2.72. The third kappa shape index (κ3) is 2.56. The Kier molecular flexibility index (Phi) is 3.74. The van der Waals surface area contributed by atoms with Gasteiger partial charge in [-0.25, -0.2) is 4.98 Å². The number of nitrogens with zero attached hydrogens (tertiary/aromatic N) is 1. The number of hydrogen-bond acceptors (Lipinski definition) is 4. The first-order valence-corrected chi connectivity index (χ1v) is 7.14. The molecule has 1 atom stereocenters. The van der Waals surface area contributed by atoms with Gasteiger partial charge in [0.2, 0.25) is 5.89 Å². The predicted molar refractivity (Wildman–Crippen MR) is 76.8 cm³/mol. The molecule has 0 saturated heterocycles. The number of hydrogen-bond donors (Lipinski definition) is 1. The van der Waals surface area contributed by atoms with E-state index in [0.29, 0.717) is 12.6 Å². The molecule has 1 N–H and O–H groups in total. The van der Waals surface area contributed by atoms with Gasteiger partial charge >= 0.3 is 0 Å². The molecule has 0 fully saturated rings. The van der Waals surface area contributed by atoms with Crippen molar-refractivity contribution in [1.82, 2.24) is 10.3 Å². The molecule has 0 radical (unpaired) electrons. The van der Waals surface area contributed by atoms with Crippen LogP contribution < -0.4 is 10.1 Å². The molecular weight excluding hydrogens is 252 g/mol. The third-order valence-corrected chi connectivity index (χ3v) is 3.88. The summed E-state index contributed by atoms with van der Waals surface area (Å²) in [5.74, 6) is 2.62. The van der Waals surface area contributed by atoms with Gasteiger partial charge < -0.3 is 14.5 Å². The second kappa shape index (κ2) is 5.67. The zero-order valence-electron chi connectivity index (χ0n) is 12.0. The van der Waals surface area contributed by atoms with Crippen molar-refractivity contribution in [3.63, 3.8) is 0 Å². The van der Waals surface area contributed by atoms with E-state index in [-0.39, 0.29) is 0 Å². The molecule has 4 nitrogen and oxygen atoms in total. The van der Waals surface area contributed by atoms with Gasteiger partial charge in [-0.15, -0.1) is 0 Å². The second-order valence-corrected chi connectivity index (χ2v) is 5.11. The number of ether oxygens (including phenoxy) is 1. The molecule has 4 heteroatoms. The Bertz CT molecular complexity index is 592. The molecule has 0 aliphatic heterocycles. The van der Waals surface area contributed by atoms with Gasteiger partial charge in [-0.05, 0) is 36.1 Å². The molecule has 0 amide bonds. The normalized spacial score (nSPS) is 17.2. The van der Waals surface area contributed by atoms with Crippen molar-refractivity contribution in [2.45, 2.75) is 38.8 Å². The zero-order valence-corrected chi connectivity index (χ0v) is 12.0. The van der Waals surface area contributed by atoms with Crippen molar-refractivity contribution >= 4 is 0 Å². The van der Waals surface area contributed by atoms with Crippen LogP contribution in [-0.2, 0) is 19.4 Å². The number of aromatic nitrogens is 1. The molecule has 1 aliphatic carbocycles. The first kappa shape index (κ1) is 13.2. The van der Waals surface area contributed by atoms with E-state index in [4.69, 9.17) is 9.15 Å². The maximum atomic E-state index is 5.63. The topological polar surface area (TPSA) is 47.3 Å². The van der Waals surface area contributed by atoms with Gasteiger partial charge in [0, 0.05) is 12.5 Å². The van der Waals surface area contributed by atoms with Crippen LogP contribution in [-0.4, -0.2) is 12.1 Å². The lowest BCUT2D eigenvalue weighted by atomic mass is 10.1. The monoisotopic (exact) mass is 272 g/mol. The van der Waals surface area contributed by atoms with Crippen molar-refractivity contribution in [1.29, 1.82) is 0 Å². The van der Waals surface area contributed by atoms with E-state index in [0.717, 1.165) is 36.7 Å². The predicted octanol–water partition coefficient (Wildman–Crippen LogP) is 3.02. The highest BCUT2D eigenvalue weighted by Crippen LogP contribution is 2.33. The average molecular weight is 272 g/mol. The summed E-state index contributed by atoms with van der Waals surface area (Å²) >= 11 is 0. The molecule has 1 heterocycles. The first-order valence-electron chi connectivity index (χ1n) is 7.14. The summed E-state index contributed by atoms with van der Waals surface area (Å²) in [5, 5.41) is 3.53. The van der Waals surface area contributed by atoms with Crippen LogP contribution in [0, 0.1) is 0 Å². The summed E-state index contributed by atoms with van der Waals surface area (Å²) in [7, 11) is 1.71. The van der Waals surface area contributed by atoms with E-state index < -0.39 is 0 Å². The van der Waals surface area contributed by atoms with Crippen LogP contribution >= 0.6 is 0 Å². The molecular formula is C16H20N2O2. The standard InChI is InChI=1S/C16H20N2O2/c1-3-12-9-18-16(20-12)10-17-15-7-5-11-4-6-13(19-2)8-14(11)15/h4,6,8-9,15,17H,3,5,7,10H2,1-2H3. The smallest absolute Gasteiger partial charge is 0.208 e. The molecule has 20 heavy (non-hydrogen) atoms. The van der Waals surface area contributed by atoms with Gasteiger partial charge in [0.25, 0.3) is 0 Å². The van der Waals surface area contributed by atoms with E-state index in [1.807, 2.05) is 12.3 Å². The van der Waals surface area contributed by atoms with Gasteiger partial charge in [-0.2, -0.15) is 0 Å². The van der Waals surface area contributed by atoms with Crippen LogP contribution in [0.4, 0.5) is 0 Å². The highest BCUT2D eigenvalue weighted by molar-refractivity contribution is 5.40. The number of methoxy groups -OCH3 is 1. The fraction of sp³-hybridized carbons (Fsp3) is 0.438. The van der Waals surface area contributed by atoms with Crippen LogP contribution in [0.15, 0.2) is 28.8 Å². The summed E-state index contributed by atoms with van der Waals surface area (Å²) in [6.45, 7) is 2.73. The average Bonchev–Trinajstić information content (AvgIpc) is 3.11. The SMILES string of the molecule is CCc1cnc(CNC2CCc3ccc(OC)cc32)o1. The van der Waals surface area contributed by atoms with Crippen LogP contribution in [0.25, 0.3) is 0 Å². The van der Waals surface area contributed by atoms with Gasteiger partial charge in [-0.1, -0.05) is 13.0 Å². The van der Waals surface area contributed by atoms with Crippen molar-refractivity contribution in [3.05, 3.63) is 47.2 Å². The summed E-state index contributed by atoms with van der Waals surface area (Å²) in [5.41, 5.74) is 2.75. The van der Waals surface area contributed by atoms with Crippen LogP contribution in [0.1, 0.15) is 42.2 Å². The van der Waals surface area contributed by atoms with Crippen LogP contribution in [0.5, 0.6) is 5.75 Å². The van der Waals surface area contributed by atoms with E-state index >= 15 is 0 Å². The van der Waals surface area contributed by atoms with E-state index in [2.05, 4.69) is 29.4 Å². The lowest BCUT2D eigenvalue weighted by Crippen LogP contribution is -2.18. The Morgan fingerprint density at radius 3 is 3.10 bits per heavy atom. The number of benzene rings is 1. The highest BCUT2D eigenvalue weighted by atomic mass is 16.5. The zero-order chi connectivity index (χ0) is 13.9. The minimum absolute atomic E-state index is 0.358. The number of aryl methyl sites for hydroxylation is 2. The minimum atomic E-state index is 0.358. The largest absolute Gasteiger partial charge is 0.497 e. The van der Waals surface area contributed by atoms with Gasteiger partial charge in [0.15, 0.2) is 0 Å². The molecule has 1 aromatic carbocycles. The Hall–Kier alpha value is -1.81. The van der Waals surface area contributed by atoms with E-state index in [1.165, 1.54) is 11.1 Å². The van der Waals surface area contributed by atoms with E-state index in [1.54, 1.807) is 7.11 Å². The van der Waals surface area contributed by atoms with Crippen molar-refractivity contribution in [2.75, 3.05) is 7.11 Å². The molecule has 2 aromatic rings.